The first-order valence-electron chi connectivity index (χ1n) is 8.09. The Morgan fingerprint density at radius 3 is 2.15 bits per heavy atom. The van der Waals surface area contributed by atoms with Crippen LogP contribution in [0.3, 0.4) is 0 Å². The minimum absolute atomic E-state index is 0.335. The highest BCUT2D eigenvalue weighted by Gasteiger charge is 2.11. The van der Waals surface area contributed by atoms with Crippen LogP contribution in [0.2, 0.25) is 5.15 Å². The molecule has 0 unspecified atom stereocenters. The van der Waals surface area contributed by atoms with Gasteiger partial charge in [-0.3, -0.25) is 0 Å². The van der Waals surface area contributed by atoms with Crippen LogP contribution in [-0.2, 0) is 0 Å². The number of ether oxygens (including phenoxy) is 4. The average molecular weight is 387 g/mol. The molecule has 0 saturated carbocycles. The molecule has 27 heavy (non-hydrogen) atoms. The third kappa shape index (κ3) is 3.90. The molecule has 6 nitrogen and oxygen atoms in total. The number of hydrogen-bond acceptors (Lipinski definition) is 6. The molecule has 0 aliphatic rings. The molecule has 0 aliphatic carbocycles. The Balaban J connectivity index is 2.01. The normalized spacial score (nSPS) is 11.0. The Hall–Kier alpha value is -2.99. The van der Waals surface area contributed by atoms with Crippen molar-refractivity contribution in [2.75, 3.05) is 28.4 Å². The summed E-state index contributed by atoms with van der Waals surface area (Å²) in [5.41, 5.74) is 1.53. The Labute approximate surface area is 162 Å². The van der Waals surface area contributed by atoms with Crippen LogP contribution in [0.1, 0.15) is 11.4 Å². The van der Waals surface area contributed by atoms with Crippen molar-refractivity contribution in [1.29, 1.82) is 0 Å². The number of hydrogen-bond donors (Lipinski definition) is 0. The van der Waals surface area contributed by atoms with E-state index in [4.69, 9.17) is 30.5 Å². The summed E-state index contributed by atoms with van der Waals surface area (Å²) < 4.78 is 21.2. The van der Waals surface area contributed by atoms with Gasteiger partial charge >= 0.3 is 0 Å². The average Bonchev–Trinajstić information content (AvgIpc) is 2.71. The first-order chi connectivity index (χ1) is 13.1. The maximum atomic E-state index is 6.34. The van der Waals surface area contributed by atoms with Gasteiger partial charge in [0.05, 0.1) is 34.0 Å². The van der Waals surface area contributed by atoms with E-state index in [0.717, 1.165) is 11.3 Å². The summed E-state index contributed by atoms with van der Waals surface area (Å²) in [6, 6.07) is 9.09. The quantitative estimate of drug-likeness (QED) is 0.582. The van der Waals surface area contributed by atoms with Gasteiger partial charge in [-0.25, -0.2) is 9.97 Å². The third-order valence-electron chi connectivity index (χ3n) is 4.02. The van der Waals surface area contributed by atoms with Crippen molar-refractivity contribution in [3.63, 3.8) is 0 Å². The van der Waals surface area contributed by atoms with Gasteiger partial charge in [-0.1, -0.05) is 11.6 Å². The monoisotopic (exact) mass is 386 g/mol. The lowest BCUT2D eigenvalue weighted by molar-refractivity contribution is 0.356. The van der Waals surface area contributed by atoms with Crippen LogP contribution in [0.5, 0.6) is 23.0 Å². The molecule has 3 aromatic rings. The van der Waals surface area contributed by atoms with Crippen molar-refractivity contribution >= 4 is 34.7 Å². The maximum absolute atomic E-state index is 6.34. The fourth-order valence-electron chi connectivity index (χ4n) is 2.63. The van der Waals surface area contributed by atoms with Gasteiger partial charge in [-0.05, 0) is 30.4 Å². The Morgan fingerprint density at radius 2 is 1.48 bits per heavy atom. The molecule has 1 aromatic heterocycles. The Kier molecular flexibility index (Phi) is 5.66. The van der Waals surface area contributed by atoms with Crippen molar-refractivity contribution in [2.24, 2.45) is 0 Å². The van der Waals surface area contributed by atoms with Gasteiger partial charge in [0, 0.05) is 23.1 Å². The number of aromatic nitrogens is 2. The van der Waals surface area contributed by atoms with Gasteiger partial charge in [-0.15, -0.1) is 0 Å². The molecular weight excluding hydrogens is 368 g/mol. The molecule has 0 radical (unpaired) electrons. The van der Waals surface area contributed by atoms with Crippen molar-refractivity contribution in [1.82, 2.24) is 9.97 Å². The zero-order valence-electron chi connectivity index (χ0n) is 15.4. The largest absolute Gasteiger partial charge is 0.497 e. The second-order valence-corrected chi connectivity index (χ2v) is 5.90. The molecule has 0 aliphatic heterocycles. The van der Waals surface area contributed by atoms with E-state index in [1.807, 2.05) is 24.3 Å². The van der Waals surface area contributed by atoms with Gasteiger partial charge in [0.25, 0.3) is 0 Å². The van der Waals surface area contributed by atoms with E-state index in [-0.39, 0.29) is 0 Å². The minimum atomic E-state index is 0.335. The molecule has 0 fully saturated rings. The Bertz CT molecular complexity index is 1000. The molecule has 0 spiro atoms. The van der Waals surface area contributed by atoms with Crippen molar-refractivity contribution < 1.29 is 18.9 Å². The molecule has 1 heterocycles. The molecule has 7 heteroatoms. The fraction of sp³-hybridized carbons (Fsp3) is 0.200. The molecule has 140 valence electrons. The molecule has 0 amide bonds. The van der Waals surface area contributed by atoms with Gasteiger partial charge in [0.15, 0.2) is 17.3 Å². The number of benzene rings is 2. The topological polar surface area (TPSA) is 62.7 Å². The first-order valence-corrected chi connectivity index (χ1v) is 8.46. The molecule has 0 bridgehead atoms. The van der Waals surface area contributed by atoms with E-state index in [0.29, 0.717) is 39.1 Å². The molecule has 0 N–H and O–H groups in total. The number of fused-ring (bicyclic) bond motifs is 1. The SMILES string of the molecule is COc1ccc(/C=C/c2nc(Cl)c3cc(OC)c(OC)cc3n2)c(OC)c1. The lowest BCUT2D eigenvalue weighted by Gasteiger charge is -2.10. The highest BCUT2D eigenvalue weighted by atomic mass is 35.5. The van der Waals surface area contributed by atoms with Crippen LogP contribution in [0.25, 0.3) is 23.1 Å². The van der Waals surface area contributed by atoms with Crippen LogP contribution in [0.15, 0.2) is 30.3 Å². The standard InChI is InChI=1S/C20H19ClN2O4/c1-24-13-7-5-12(16(9-13)25-2)6-8-19-22-15-11-18(27-4)17(26-3)10-14(15)20(21)23-19/h5-11H,1-4H3/b8-6+. The Morgan fingerprint density at radius 1 is 0.778 bits per heavy atom. The summed E-state index contributed by atoms with van der Waals surface area (Å²) in [6.07, 6.45) is 3.63. The highest BCUT2D eigenvalue weighted by molar-refractivity contribution is 6.34. The van der Waals surface area contributed by atoms with E-state index < -0.39 is 0 Å². The maximum Gasteiger partial charge on any atom is 0.162 e. The van der Waals surface area contributed by atoms with Crippen LogP contribution in [0.4, 0.5) is 0 Å². The zero-order valence-corrected chi connectivity index (χ0v) is 16.2. The van der Waals surface area contributed by atoms with E-state index in [1.54, 1.807) is 46.6 Å². The van der Waals surface area contributed by atoms with E-state index in [2.05, 4.69) is 9.97 Å². The number of halogens is 1. The van der Waals surface area contributed by atoms with Crippen molar-refractivity contribution in [3.05, 3.63) is 46.9 Å². The summed E-state index contributed by atoms with van der Waals surface area (Å²) in [5, 5.41) is 1.02. The predicted octanol–water partition coefficient (Wildman–Crippen LogP) is 4.49. The molecule has 0 saturated heterocycles. The van der Waals surface area contributed by atoms with E-state index in [9.17, 15) is 0 Å². The van der Waals surface area contributed by atoms with Crippen molar-refractivity contribution in [3.8, 4) is 23.0 Å². The van der Waals surface area contributed by atoms with Crippen LogP contribution in [-0.4, -0.2) is 38.4 Å². The minimum Gasteiger partial charge on any atom is -0.497 e. The molecule has 2 aromatic carbocycles. The summed E-state index contributed by atoms with van der Waals surface area (Å²) >= 11 is 6.34. The van der Waals surface area contributed by atoms with E-state index >= 15 is 0 Å². The van der Waals surface area contributed by atoms with Gasteiger partial charge < -0.3 is 18.9 Å². The predicted molar refractivity (Wildman–Crippen MR) is 106 cm³/mol. The third-order valence-corrected chi connectivity index (χ3v) is 4.31. The number of nitrogens with zero attached hydrogens (tertiary/aromatic N) is 2. The summed E-state index contributed by atoms with van der Waals surface area (Å²) in [6.45, 7) is 0. The molecular formula is C20H19ClN2O4. The van der Waals surface area contributed by atoms with Crippen LogP contribution >= 0.6 is 11.6 Å². The first kappa shape index (κ1) is 18.8. The van der Waals surface area contributed by atoms with E-state index in [1.165, 1.54) is 0 Å². The smallest absolute Gasteiger partial charge is 0.162 e. The van der Waals surface area contributed by atoms with Gasteiger partial charge in [0.1, 0.15) is 16.7 Å². The second-order valence-electron chi connectivity index (χ2n) is 5.54. The second kappa shape index (κ2) is 8.14. The summed E-state index contributed by atoms with van der Waals surface area (Å²) in [7, 11) is 6.36. The number of methoxy groups -OCH3 is 4. The highest BCUT2D eigenvalue weighted by Crippen LogP contribution is 2.34. The summed E-state index contributed by atoms with van der Waals surface area (Å²) in [5.74, 6) is 3.02. The van der Waals surface area contributed by atoms with Gasteiger partial charge in [0.2, 0.25) is 0 Å². The van der Waals surface area contributed by atoms with Crippen molar-refractivity contribution in [2.45, 2.75) is 0 Å². The number of rotatable bonds is 6. The van der Waals surface area contributed by atoms with Crippen LogP contribution < -0.4 is 18.9 Å². The summed E-state index contributed by atoms with van der Waals surface area (Å²) in [4.78, 5) is 8.88. The lowest BCUT2D eigenvalue weighted by Crippen LogP contribution is -1.95. The van der Waals surface area contributed by atoms with Crippen LogP contribution in [0, 0.1) is 0 Å². The molecule has 0 atom stereocenters. The lowest BCUT2D eigenvalue weighted by atomic mass is 10.1. The van der Waals surface area contributed by atoms with Gasteiger partial charge in [-0.2, -0.15) is 0 Å². The molecule has 3 rings (SSSR count). The zero-order chi connectivity index (χ0) is 19.4. The fourth-order valence-corrected chi connectivity index (χ4v) is 2.87.